The highest BCUT2D eigenvalue weighted by Gasteiger charge is 2.31. The van der Waals surface area contributed by atoms with Crippen molar-refractivity contribution in [1.29, 1.82) is 0 Å². The molecule has 3 atom stereocenters. The van der Waals surface area contributed by atoms with E-state index in [-0.39, 0.29) is 32.7 Å². The maximum absolute atomic E-state index is 14.0. The molecule has 0 aliphatic heterocycles. The summed E-state index contributed by atoms with van der Waals surface area (Å²) in [6.07, 6.45) is 2.21. The number of carbonyl (C=O) groups is 4. The molecule has 280 valence electrons. The normalized spacial score (nSPS) is 12.4. The predicted octanol–water partition coefficient (Wildman–Crippen LogP) is 4.43. The van der Waals surface area contributed by atoms with Gasteiger partial charge >= 0.3 is 12.1 Å². The third-order valence-corrected chi connectivity index (χ3v) is 8.24. The van der Waals surface area contributed by atoms with Crippen LogP contribution >= 0.6 is 0 Å². The zero-order chi connectivity index (χ0) is 38.0. The van der Waals surface area contributed by atoms with Crippen LogP contribution in [0.15, 0.2) is 128 Å². The summed E-state index contributed by atoms with van der Waals surface area (Å²) in [6.45, 7) is 0.381. The van der Waals surface area contributed by atoms with Crippen LogP contribution in [0.25, 0.3) is 0 Å². The Labute approximate surface area is 313 Å². The van der Waals surface area contributed by atoms with Crippen molar-refractivity contribution in [2.24, 2.45) is 0 Å². The van der Waals surface area contributed by atoms with Gasteiger partial charge < -0.3 is 39.9 Å². The number of amides is 3. The zero-order valence-electron chi connectivity index (χ0n) is 29.8. The number of nitrogens with zero attached hydrogens (tertiary/aromatic N) is 1. The van der Waals surface area contributed by atoms with Crippen molar-refractivity contribution < 1.29 is 38.1 Å². The number of ether oxygens (including phenoxy) is 4. The van der Waals surface area contributed by atoms with E-state index in [9.17, 15) is 19.2 Å². The van der Waals surface area contributed by atoms with E-state index < -0.39 is 42.0 Å². The number of esters is 1. The van der Waals surface area contributed by atoms with Gasteiger partial charge in [-0.1, -0.05) is 103 Å². The number of hydrogen-bond acceptors (Lipinski definition) is 9. The molecule has 1 heterocycles. The maximum atomic E-state index is 14.0. The minimum absolute atomic E-state index is 0.0115. The molecule has 5 rings (SSSR count). The molecular formula is C41H43N5O8. The summed E-state index contributed by atoms with van der Waals surface area (Å²) in [5.74, 6) is -1.44. The van der Waals surface area contributed by atoms with Gasteiger partial charge in [0.2, 0.25) is 11.8 Å². The molecule has 4 aromatic carbocycles. The molecule has 54 heavy (non-hydrogen) atoms. The van der Waals surface area contributed by atoms with Crippen LogP contribution in [0.4, 0.5) is 4.79 Å². The molecule has 3 amide bonds. The van der Waals surface area contributed by atoms with E-state index in [2.05, 4.69) is 25.9 Å². The quantitative estimate of drug-likeness (QED) is 0.0898. The molecule has 0 bridgehead atoms. The lowest BCUT2D eigenvalue weighted by Crippen LogP contribution is -2.57. The van der Waals surface area contributed by atoms with Crippen LogP contribution in [0.5, 0.6) is 5.75 Å². The SMILES string of the molecule is COC(=O)[C@@H](COCc1ccccc1)NC(=O)[C@H](Cc1ccc(OCc2ccccc2)cc1)NC(=O)[C@H](Cc1cnc[nH]1)NC(=O)OCc1ccccc1. The van der Waals surface area contributed by atoms with Crippen molar-refractivity contribution in [3.63, 3.8) is 0 Å². The number of alkyl carbamates (subject to hydrolysis) is 1. The Hall–Kier alpha value is -6.47. The van der Waals surface area contributed by atoms with Crippen molar-refractivity contribution in [3.8, 4) is 5.75 Å². The van der Waals surface area contributed by atoms with Gasteiger partial charge in [-0.05, 0) is 34.4 Å². The molecule has 4 N–H and O–H groups in total. The predicted molar refractivity (Wildman–Crippen MR) is 199 cm³/mol. The first-order valence-electron chi connectivity index (χ1n) is 17.4. The second-order valence-electron chi connectivity index (χ2n) is 12.3. The van der Waals surface area contributed by atoms with E-state index in [0.29, 0.717) is 23.6 Å². The smallest absolute Gasteiger partial charge is 0.408 e. The second kappa shape index (κ2) is 20.5. The topological polar surface area (TPSA) is 170 Å². The lowest BCUT2D eigenvalue weighted by Gasteiger charge is -2.25. The minimum Gasteiger partial charge on any atom is -0.489 e. The fourth-order valence-electron chi connectivity index (χ4n) is 5.36. The number of imidazole rings is 1. The highest BCUT2D eigenvalue weighted by Crippen LogP contribution is 2.16. The number of H-pyrrole nitrogens is 1. The van der Waals surface area contributed by atoms with Gasteiger partial charge in [0.25, 0.3) is 0 Å². The number of benzene rings is 4. The van der Waals surface area contributed by atoms with Crippen LogP contribution in [-0.2, 0) is 61.3 Å². The van der Waals surface area contributed by atoms with Gasteiger partial charge in [0.15, 0.2) is 6.04 Å². The Balaban J connectivity index is 1.31. The largest absolute Gasteiger partial charge is 0.489 e. The van der Waals surface area contributed by atoms with Crippen molar-refractivity contribution in [1.82, 2.24) is 25.9 Å². The van der Waals surface area contributed by atoms with Gasteiger partial charge in [0.05, 0.1) is 26.7 Å². The summed E-state index contributed by atoms with van der Waals surface area (Å²) in [7, 11) is 1.21. The van der Waals surface area contributed by atoms with Gasteiger partial charge in [0.1, 0.15) is 31.0 Å². The number of methoxy groups -OCH3 is 1. The van der Waals surface area contributed by atoms with Gasteiger partial charge in [0, 0.05) is 24.7 Å². The van der Waals surface area contributed by atoms with Crippen molar-refractivity contribution in [3.05, 3.63) is 156 Å². The third kappa shape index (κ3) is 12.6. The Morgan fingerprint density at radius 1 is 0.630 bits per heavy atom. The van der Waals surface area contributed by atoms with Crippen molar-refractivity contribution in [2.75, 3.05) is 13.7 Å². The van der Waals surface area contributed by atoms with E-state index in [4.69, 9.17) is 18.9 Å². The zero-order valence-corrected chi connectivity index (χ0v) is 29.8. The standard InChI is InChI=1S/C41H43N5O8/c1-51-40(49)37(27-52-24-30-11-5-2-6-12-30)45-38(47)35(21-29-17-19-34(20-18-29)53-25-31-13-7-3-8-14-31)44-39(48)36(22-33-23-42-28-43-33)46-41(50)54-26-32-15-9-4-10-16-32/h2-20,23,28,35-37H,21-22,24-27H2,1H3,(H,42,43)(H,44,48)(H,45,47)(H,46,50)/t35-,36-,37+/m0/s1. The van der Waals surface area contributed by atoms with Gasteiger partial charge in [-0.2, -0.15) is 0 Å². The molecule has 13 heteroatoms. The Morgan fingerprint density at radius 3 is 1.76 bits per heavy atom. The van der Waals surface area contributed by atoms with Crippen molar-refractivity contribution >= 4 is 23.9 Å². The molecule has 5 aromatic rings. The van der Waals surface area contributed by atoms with Crippen LogP contribution in [0.2, 0.25) is 0 Å². The van der Waals surface area contributed by atoms with E-state index >= 15 is 0 Å². The first kappa shape index (κ1) is 38.8. The summed E-state index contributed by atoms with van der Waals surface area (Å²) >= 11 is 0. The van der Waals surface area contributed by atoms with E-state index in [1.54, 1.807) is 24.3 Å². The van der Waals surface area contributed by atoms with Crippen molar-refractivity contribution in [2.45, 2.75) is 50.8 Å². The number of rotatable bonds is 19. The van der Waals surface area contributed by atoms with Crippen LogP contribution in [-0.4, -0.2) is 65.7 Å². The highest BCUT2D eigenvalue weighted by molar-refractivity contribution is 5.93. The van der Waals surface area contributed by atoms with Crippen LogP contribution < -0.4 is 20.7 Å². The van der Waals surface area contributed by atoms with Gasteiger partial charge in [-0.3, -0.25) is 9.59 Å². The molecule has 0 saturated heterocycles. The number of hydrogen-bond donors (Lipinski definition) is 4. The number of carbonyl (C=O) groups excluding carboxylic acids is 4. The lowest BCUT2D eigenvalue weighted by molar-refractivity contribution is -0.147. The molecular weight excluding hydrogens is 690 g/mol. The molecule has 0 spiro atoms. The number of aromatic nitrogens is 2. The summed E-state index contributed by atoms with van der Waals surface area (Å²) in [5.41, 5.74) is 3.91. The summed E-state index contributed by atoms with van der Waals surface area (Å²) in [4.78, 5) is 60.5. The van der Waals surface area contributed by atoms with Crippen LogP contribution in [0.1, 0.15) is 27.9 Å². The highest BCUT2D eigenvalue weighted by atomic mass is 16.5. The Morgan fingerprint density at radius 2 is 1.19 bits per heavy atom. The average Bonchev–Trinajstić information content (AvgIpc) is 3.73. The molecule has 13 nitrogen and oxygen atoms in total. The molecule has 0 fully saturated rings. The number of aromatic amines is 1. The van der Waals surface area contributed by atoms with Crippen LogP contribution in [0, 0.1) is 0 Å². The van der Waals surface area contributed by atoms with Gasteiger partial charge in [-0.25, -0.2) is 14.6 Å². The molecule has 0 radical (unpaired) electrons. The second-order valence-corrected chi connectivity index (χ2v) is 12.3. The van der Waals surface area contributed by atoms with Gasteiger partial charge in [-0.15, -0.1) is 0 Å². The summed E-state index contributed by atoms with van der Waals surface area (Å²) < 4.78 is 22.0. The average molecular weight is 734 g/mol. The third-order valence-electron chi connectivity index (χ3n) is 8.24. The summed E-state index contributed by atoms with van der Waals surface area (Å²) in [5, 5.41) is 8.09. The lowest BCUT2D eigenvalue weighted by atomic mass is 10.0. The molecule has 0 aliphatic carbocycles. The van der Waals surface area contributed by atoms with E-state index in [1.165, 1.54) is 19.6 Å². The van der Waals surface area contributed by atoms with E-state index in [1.807, 2.05) is 91.0 Å². The minimum atomic E-state index is -1.19. The first-order chi connectivity index (χ1) is 26.4. The Bertz CT molecular complexity index is 1890. The molecule has 1 aromatic heterocycles. The fraction of sp³-hybridized carbons (Fsp3) is 0.244. The maximum Gasteiger partial charge on any atom is 0.408 e. The summed E-state index contributed by atoms with van der Waals surface area (Å²) in [6, 6.07) is 31.8. The molecule has 0 aliphatic rings. The monoisotopic (exact) mass is 733 g/mol. The van der Waals surface area contributed by atoms with E-state index in [0.717, 1.165) is 16.7 Å². The molecule has 0 saturated carbocycles. The van der Waals surface area contributed by atoms with Crippen LogP contribution in [0.3, 0.4) is 0 Å². The Kier molecular flexibility index (Phi) is 14.7. The number of nitrogens with one attached hydrogen (secondary N) is 4. The first-order valence-corrected chi connectivity index (χ1v) is 17.4. The molecule has 0 unspecified atom stereocenters. The fourth-order valence-corrected chi connectivity index (χ4v) is 5.36.